The van der Waals surface area contributed by atoms with E-state index in [1.165, 1.54) is 32.4 Å². The SMILES string of the molecule is COc1cccc(OCCN2CCCCC2)c1N. The number of nitrogens with two attached hydrogens (primary N) is 1. The smallest absolute Gasteiger partial charge is 0.146 e. The highest BCUT2D eigenvalue weighted by molar-refractivity contribution is 5.62. The van der Waals surface area contributed by atoms with Crippen LogP contribution in [0.15, 0.2) is 18.2 Å². The second-order valence-corrected chi connectivity index (χ2v) is 4.62. The molecule has 0 aliphatic carbocycles. The Morgan fingerprint density at radius 3 is 2.61 bits per heavy atom. The van der Waals surface area contributed by atoms with Crippen LogP contribution < -0.4 is 15.2 Å². The molecule has 0 atom stereocenters. The van der Waals surface area contributed by atoms with Gasteiger partial charge in [0.1, 0.15) is 23.8 Å². The molecule has 0 unspecified atom stereocenters. The third kappa shape index (κ3) is 3.29. The van der Waals surface area contributed by atoms with Gasteiger partial charge in [-0.15, -0.1) is 0 Å². The van der Waals surface area contributed by atoms with Crippen LogP contribution in [0.4, 0.5) is 5.69 Å². The lowest BCUT2D eigenvalue weighted by Gasteiger charge is -2.26. The monoisotopic (exact) mass is 250 g/mol. The van der Waals surface area contributed by atoms with Crippen molar-refractivity contribution in [2.24, 2.45) is 0 Å². The molecule has 1 fully saturated rings. The van der Waals surface area contributed by atoms with Gasteiger partial charge in [-0.2, -0.15) is 0 Å². The quantitative estimate of drug-likeness (QED) is 0.813. The lowest BCUT2D eigenvalue weighted by atomic mass is 10.1. The van der Waals surface area contributed by atoms with Crippen LogP contribution >= 0.6 is 0 Å². The number of likely N-dealkylation sites (tertiary alicyclic amines) is 1. The highest BCUT2D eigenvalue weighted by Gasteiger charge is 2.10. The van der Waals surface area contributed by atoms with Crippen molar-refractivity contribution in [1.29, 1.82) is 0 Å². The molecule has 0 radical (unpaired) electrons. The molecule has 1 aromatic carbocycles. The van der Waals surface area contributed by atoms with Gasteiger partial charge in [0.15, 0.2) is 0 Å². The van der Waals surface area contributed by atoms with Crippen molar-refractivity contribution in [1.82, 2.24) is 4.90 Å². The topological polar surface area (TPSA) is 47.7 Å². The third-order valence-electron chi connectivity index (χ3n) is 3.36. The van der Waals surface area contributed by atoms with Gasteiger partial charge < -0.3 is 15.2 Å². The molecule has 0 amide bonds. The van der Waals surface area contributed by atoms with Gasteiger partial charge in [-0.25, -0.2) is 0 Å². The first-order chi connectivity index (χ1) is 8.81. The Hall–Kier alpha value is -1.42. The van der Waals surface area contributed by atoms with Crippen LogP contribution in [0.5, 0.6) is 11.5 Å². The van der Waals surface area contributed by atoms with Crippen molar-refractivity contribution in [2.75, 3.05) is 39.1 Å². The van der Waals surface area contributed by atoms with E-state index in [-0.39, 0.29) is 0 Å². The Kier molecular flexibility index (Phi) is 4.70. The van der Waals surface area contributed by atoms with Gasteiger partial charge in [-0.1, -0.05) is 12.5 Å². The summed E-state index contributed by atoms with van der Waals surface area (Å²) >= 11 is 0. The zero-order valence-corrected chi connectivity index (χ0v) is 11.0. The van der Waals surface area contributed by atoms with Crippen molar-refractivity contribution in [3.05, 3.63) is 18.2 Å². The highest BCUT2D eigenvalue weighted by atomic mass is 16.5. The van der Waals surface area contributed by atoms with E-state index in [0.29, 0.717) is 23.8 Å². The number of nitrogen functional groups attached to an aromatic ring is 1. The van der Waals surface area contributed by atoms with Crippen molar-refractivity contribution in [3.8, 4) is 11.5 Å². The fraction of sp³-hybridized carbons (Fsp3) is 0.571. The summed E-state index contributed by atoms with van der Waals surface area (Å²) in [6.45, 7) is 4.03. The fourth-order valence-corrected chi connectivity index (χ4v) is 2.30. The largest absolute Gasteiger partial charge is 0.494 e. The molecule has 4 heteroatoms. The van der Waals surface area contributed by atoms with Crippen LogP contribution in [-0.4, -0.2) is 38.3 Å². The number of nitrogens with zero attached hydrogens (tertiary/aromatic N) is 1. The molecule has 0 saturated carbocycles. The Labute approximate surface area is 109 Å². The number of hydrogen-bond donors (Lipinski definition) is 1. The zero-order valence-electron chi connectivity index (χ0n) is 11.0. The summed E-state index contributed by atoms with van der Waals surface area (Å²) < 4.78 is 10.9. The summed E-state index contributed by atoms with van der Waals surface area (Å²) in [4.78, 5) is 2.44. The molecule has 1 heterocycles. The molecule has 0 spiro atoms. The number of para-hydroxylation sites is 1. The van der Waals surface area contributed by atoms with Gasteiger partial charge in [0.25, 0.3) is 0 Å². The minimum atomic E-state index is 0.582. The average molecular weight is 250 g/mol. The molecule has 2 N–H and O–H groups in total. The van der Waals surface area contributed by atoms with E-state index in [4.69, 9.17) is 15.2 Å². The number of ether oxygens (including phenoxy) is 2. The molecule has 0 aromatic heterocycles. The van der Waals surface area contributed by atoms with E-state index in [1.807, 2.05) is 18.2 Å². The van der Waals surface area contributed by atoms with E-state index in [2.05, 4.69) is 4.90 Å². The van der Waals surface area contributed by atoms with Gasteiger partial charge in [0, 0.05) is 6.54 Å². The van der Waals surface area contributed by atoms with Crippen LogP contribution in [0.2, 0.25) is 0 Å². The molecular formula is C14H22N2O2. The number of anilines is 1. The molecule has 100 valence electrons. The van der Waals surface area contributed by atoms with Crippen LogP contribution in [0, 0.1) is 0 Å². The molecule has 0 bridgehead atoms. The third-order valence-corrected chi connectivity index (χ3v) is 3.36. The maximum atomic E-state index is 5.95. The summed E-state index contributed by atoms with van der Waals surface area (Å²) in [5.74, 6) is 1.39. The van der Waals surface area contributed by atoms with Crippen LogP contribution in [-0.2, 0) is 0 Å². The van der Waals surface area contributed by atoms with E-state index in [9.17, 15) is 0 Å². The minimum Gasteiger partial charge on any atom is -0.494 e. The van der Waals surface area contributed by atoms with Crippen LogP contribution in [0.1, 0.15) is 19.3 Å². The number of hydrogen-bond acceptors (Lipinski definition) is 4. The molecule has 4 nitrogen and oxygen atoms in total. The summed E-state index contributed by atoms with van der Waals surface area (Å²) in [5, 5.41) is 0. The summed E-state index contributed by atoms with van der Waals surface area (Å²) in [5.41, 5.74) is 6.53. The van der Waals surface area contributed by atoms with Gasteiger partial charge in [-0.05, 0) is 38.1 Å². The molecule has 2 rings (SSSR count). The van der Waals surface area contributed by atoms with Crippen molar-refractivity contribution >= 4 is 5.69 Å². The molecule has 1 aliphatic rings. The first-order valence-electron chi connectivity index (χ1n) is 6.59. The van der Waals surface area contributed by atoms with Gasteiger partial charge in [0.2, 0.25) is 0 Å². The van der Waals surface area contributed by atoms with Gasteiger partial charge in [-0.3, -0.25) is 4.90 Å². The first kappa shape index (κ1) is 13.0. The van der Waals surface area contributed by atoms with Gasteiger partial charge >= 0.3 is 0 Å². The number of methoxy groups -OCH3 is 1. The molecule has 1 aromatic rings. The van der Waals surface area contributed by atoms with Crippen molar-refractivity contribution in [3.63, 3.8) is 0 Å². The normalized spacial score (nSPS) is 16.5. The van der Waals surface area contributed by atoms with E-state index in [0.717, 1.165) is 6.54 Å². The summed E-state index contributed by atoms with van der Waals surface area (Å²) in [7, 11) is 1.61. The minimum absolute atomic E-state index is 0.582. The fourth-order valence-electron chi connectivity index (χ4n) is 2.30. The van der Waals surface area contributed by atoms with Gasteiger partial charge in [0.05, 0.1) is 7.11 Å². The number of rotatable bonds is 5. The standard InChI is InChI=1S/C14H22N2O2/c1-17-12-6-5-7-13(14(12)15)18-11-10-16-8-3-2-4-9-16/h5-7H,2-4,8-11,15H2,1H3. The lowest BCUT2D eigenvalue weighted by Crippen LogP contribution is -2.33. The predicted octanol–water partition coefficient (Wildman–Crippen LogP) is 2.14. The number of benzene rings is 1. The first-order valence-corrected chi connectivity index (χ1v) is 6.59. The molecule has 18 heavy (non-hydrogen) atoms. The van der Waals surface area contributed by atoms with E-state index in [1.54, 1.807) is 7.11 Å². The zero-order chi connectivity index (χ0) is 12.8. The Morgan fingerprint density at radius 2 is 1.89 bits per heavy atom. The van der Waals surface area contributed by atoms with Crippen molar-refractivity contribution < 1.29 is 9.47 Å². The second kappa shape index (κ2) is 6.50. The van der Waals surface area contributed by atoms with Crippen LogP contribution in [0.25, 0.3) is 0 Å². The van der Waals surface area contributed by atoms with E-state index < -0.39 is 0 Å². The van der Waals surface area contributed by atoms with E-state index >= 15 is 0 Å². The maximum Gasteiger partial charge on any atom is 0.146 e. The predicted molar refractivity (Wildman–Crippen MR) is 73.2 cm³/mol. The lowest BCUT2D eigenvalue weighted by molar-refractivity contribution is 0.183. The maximum absolute atomic E-state index is 5.95. The van der Waals surface area contributed by atoms with Crippen LogP contribution in [0.3, 0.4) is 0 Å². The second-order valence-electron chi connectivity index (χ2n) is 4.62. The Bertz CT molecular complexity index is 376. The average Bonchev–Trinajstić information content (AvgIpc) is 2.42. The highest BCUT2D eigenvalue weighted by Crippen LogP contribution is 2.30. The molecule has 1 saturated heterocycles. The Morgan fingerprint density at radius 1 is 1.17 bits per heavy atom. The number of piperidine rings is 1. The summed E-state index contributed by atoms with van der Waals surface area (Å²) in [6, 6.07) is 5.62. The summed E-state index contributed by atoms with van der Waals surface area (Å²) in [6.07, 6.45) is 3.97. The molecular weight excluding hydrogens is 228 g/mol. The van der Waals surface area contributed by atoms with Crippen molar-refractivity contribution in [2.45, 2.75) is 19.3 Å². The Balaban J connectivity index is 1.82. The molecule has 1 aliphatic heterocycles.